The molecule has 0 amide bonds. The van der Waals surface area contributed by atoms with Crippen LogP contribution in [-0.2, 0) is 0 Å². The van der Waals surface area contributed by atoms with Crippen molar-refractivity contribution in [1.29, 1.82) is 0 Å². The van der Waals surface area contributed by atoms with E-state index in [9.17, 15) is 0 Å². The molecule has 0 saturated heterocycles. The van der Waals surface area contributed by atoms with Crippen molar-refractivity contribution in [2.45, 2.75) is 25.3 Å². The first-order chi connectivity index (χ1) is 4.75. The molecule has 0 bridgehead atoms. The summed E-state index contributed by atoms with van der Waals surface area (Å²) in [5.41, 5.74) is 11.3. The Labute approximate surface area is 66.4 Å². The molecule has 0 heterocycles. The molecule has 1 aliphatic carbocycles. The number of nitrogens with zero attached hydrogens (tertiary/aromatic N) is 1. The van der Waals surface area contributed by atoms with E-state index in [1.807, 2.05) is 0 Å². The van der Waals surface area contributed by atoms with E-state index >= 15 is 0 Å². The number of amidine groups is 1. The molecule has 4 heteroatoms. The van der Waals surface area contributed by atoms with Crippen LogP contribution in [0.2, 0.25) is 0 Å². The van der Waals surface area contributed by atoms with Gasteiger partial charge in [0.05, 0.1) is 0 Å². The van der Waals surface area contributed by atoms with Gasteiger partial charge in [0, 0.05) is 12.0 Å². The lowest BCUT2D eigenvalue weighted by Crippen LogP contribution is -2.34. The van der Waals surface area contributed by atoms with Gasteiger partial charge >= 0.3 is 0 Å². The Balaban J connectivity index is 2.55. The summed E-state index contributed by atoms with van der Waals surface area (Å²) in [7, 11) is 0. The van der Waals surface area contributed by atoms with Crippen LogP contribution in [0.1, 0.15) is 19.3 Å². The molecule has 0 aromatic heterocycles. The predicted molar refractivity (Wildman–Crippen MR) is 45.9 cm³/mol. The number of thiol groups is 1. The van der Waals surface area contributed by atoms with Crippen molar-refractivity contribution in [3.05, 3.63) is 0 Å². The van der Waals surface area contributed by atoms with E-state index in [1.165, 1.54) is 0 Å². The highest BCUT2D eigenvalue weighted by molar-refractivity contribution is 7.79. The van der Waals surface area contributed by atoms with Gasteiger partial charge in [-0.3, -0.25) is 0 Å². The van der Waals surface area contributed by atoms with Crippen LogP contribution in [0, 0.1) is 5.92 Å². The third-order valence-corrected chi connectivity index (χ3v) is 2.30. The van der Waals surface area contributed by atoms with Gasteiger partial charge in [-0.2, -0.15) is 0 Å². The van der Waals surface area contributed by atoms with Gasteiger partial charge in [-0.25, -0.2) is 4.40 Å². The number of nitrogens with two attached hydrogens (primary N) is 2. The normalized spacial score (nSPS) is 34.8. The smallest absolute Gasteiger partial charge is 0.112 e. The predicted octanol–water partition coefficient (Wildman–Crippen LogP) is 0.316. The fourth-order valence-electron chi connectivity index (χ4n) is 1.43. The van der Waals surface area contributed by atoms with Gasteiger partial charge in [0.25, 0.3) is 0 Å². The first-order valence-corrected chi connectivity index (χ1v) is 3.88. The van der Waals surface area contributed by atoms with Crippen LogP contribution in [0.4, 0.5) is 0 Å². The van der Waals surface area contributed by atoms with Gasteiger partial charge in [0.1, 0.15) is 5.84 Å². The highest BCUT2D eigenvalue weighted by atomic mass is 32.1. The topological polar surface area (TPSA) is 64.4 Å². The average Bonchev–Trinajstić information content (AvgIpc) is 2.34. The molecule has 0 spiro atoms. The van der Waals surface area contributed by atoms with Gasteiger partial charge in [-0.05, 0) is 25.7 Å². The highest BCUT2D eigenvalue weighted by Gasteiger charge is 2.26. The zero-order valence-electron chi connectivity index (χ0n) is 5.83. The molecule has 1 rings (SSSR count). The number of hydrogen-bond donors (Lipinski definition) is 3. The van der Waals surface area contributed by atoms with E-state index < -0.39 is 0 Å². The molecule has 3 nitrogen and oxygen atoms in total. The molecule has 10 heavy (non-hydrogen) atoms. The van der Waals surface area contributed by atoms with Crippen LogP contribution < -0.4 is 11.5 Å². The Hall–Kier alpha value is -0.220. The molecule has 0 radical (unpaired) electrons. The molecule has 58 valence electrons. The Bertz CT molecular complexity index is 146. The maximum Gasteiger partial charge on any atom is 0.112 e. The van der Waals surface area contributed by atoms with Crippen LogP contribution >= 0.6 is 12.8 Å². The second-order valence-electron chi connectivity index (χ2n) is 2.73. The second kappa shape index (κ2) is 3.25. The third kappa shape index (κ3) is 1.44. The first kappa shape index (κ1) is 7.88. The lowest BCUT2D eigenvalue weighted by atomic mass is 10.0. The standard InChI is InChI=1S/C6H13N3S/c7-5-3-1-2-4(5)6(8)9-10/h4-5,10H,1-3,7H2,(H2,8,9). The van der Waals surface area contributed by atoms with Crippen molar-refractivity contribution < 1.29 is 0 Å². The van der Waals surface area contributed by atoms with Crippen LogP contribution in [0.3, 0.4) is 0 Å². The largest absolute Gasteiger partial charge is 0.386 e. The summed E-state index contributed by atoms with van der Waals surface area (Å²) in [5.74, 6) is 0.867. The molecule has 2 atom stereocenters. The molecule has 0 aliphatic heterocycles. The van der Waals surface area contributed by atoms with E-state index in [0.29, 0.717) is 5.84 Å². The number of rotatable bonds is 1. The Morgan fingerprint density at radius 2 is 2.20 bits per heavy atom. The molecule has 1 aliphatic rings. The fourth-order valence-corrected chi connectivity index (χ4v) is 1.58. The minimum Gasteiger partial charge on any atom is -0.386 e. The second-order valence-corrected chi connectivity index (χ2v) is 2.93. The van der Waals surface area contributed by atoms with E-state index in [0.717, 1.165) is 19.3 Å². The summed E-state index contributed by atoms with van der Waals surface area (Å²) in [5, 5.41) is 0. The zero-order chi connectivity index (χ0) is 7.56. The first-order valence-electron chi connectivity index (χ1n) is 3.48. The third-order valence-electron chi connectivity index (χ3n) is 2.06. The van der Waals surface area contributed by atoms with E-state index in [1.54, 1.807) is 0 Å². The SMILES string of the molecule is N/C(=N\S)C1CCCC1N. The fraction of sp³-hybridized carbons (Fsp3) is 0.833. The van der Waals surface area contributed by atoms with Crippen molar-refractivity contribution in [1.82, 2.24) is 0 Å². The van der Waals surface area contributed by atoms with Gasteiger partial charge in [0.2, 0.25) is 0 Å². The Kier molecular flexibility index (Phi) is 2.56. The van der Waals surface area contributed by atoms with Gasteiger partial charge in [-0.1, -0.05) is 6.42 Å². The van der Waals surface area contributed by atoms with Crippen LogP contribution in [0.25, 0.3) is 0 Å². The van der Waals surface area contributed by atoms with Crippen LogP contribution in [-0.4, -0.2) is 11.9 Å². The molecular formula is C6H13N3S. The Morgan fingerprint density at radius 1 is 1.50 bits per heavy atom. The van der Waals surface area contributed by atoms with E-state index in [2.05, 4.69) is 17.2 Å². The molecular weight excluding hydrogens is 146 g/mol. The van der Waals surface area contributed by atoms with Gasteiger partial charge < -0.3 is 11.5 Å². The van der Waals surface area contributed by atoms with Crippen molar-refractivity contribution in [2.75, 3.05) is 0 Å². The van der Waals surface area contributed by atoms with E-state index in [4.69, 9.17) is 11.5 Å². The van der Waals surface area contributed by atoms with Crippen molar-refractivity contribution in [3.8, 4) is 0 Å². The molecule has 1 saturated carbocycles. The van der Waals surface area contributed by atoms with Gasteiger partial charge in [-0.15, -0.1) is 0 Å². The molecule has 0 aromatic carbocycles. The van der Waals surface area contributed by atoms with Crippen molar-refractivity contribution in [2.24, 2.45) is 21.8 Å². The van der Waals surface area contributed by atoms with Crippen LogP contribution in [0.5, 0.6) is 0 Å². The minimum atomic E-state index is 0.205. The molecule has 2 unspecified atom stereocenters. The highest BCUT2D eigenvalue weighted by Crippen LogP contribution is 2.23. The minimum absolute atomic E-state index is 0.205. The molecule has 0 aromatic rings. The summed E-state index contributed by atoms with van der Waals surface area (Å²) in [6.45, 7) is 0. The average molecular weight is 159 g/mol. The number of hydrogen-bond acceptors (Lipinski definition) is 3. The summed E-state index contributed by atoms with van der Waals surface area (Å²) in [4.78, 5) is 0. The maximum atomic E-state index is 5.76. The lowest BCUT2D eigenvalue weighted by molar-refractivity contribution is 0.610. The molecule has 1 fully saturated rings. The van der Waals surface area contributed by atoms with E-state index in [-0.39, 0.29) is 12.0 Å². The lowest BCUT2D eigenvalue weighted by Gasteiger charge is -2.12. The maximum absolute atomic E-state index is 5.76. The summed E-state index contributed by atoms with van der Waals surface area (Å²) in [6.07, 6.45) is 3.29. The monoisotopic (exact) mass is 159 g/mol. The quantitative estimate of drug-likeness (QED) is 0.293. The zero-order valence-corrected chi connectivity index (χ0v) is 6.72. The molecule has 4 N–H and O–H groups in total. The summed E-state index contributed by atoms with van der Waals surface area (Å²) < 4.78 is 3.63. The van der Waals surface area contributed by atoms with Crippen molar-refractivity contribution in [3.63, 3.8) is 0 Å². The summed E-state index contributed by atoms with van der Waals surface area (Å²) >= 11 is 3.74. The Morgan fingerprint density at radius 3 is 2.60 bits per heavy atom. The summed E-state index contributed by atoms with van der Waals surface area (Å²) in [6, 6.07) is 0.205. The van der Waals surface area contributed by atoms with Gasteiger partial charge in [0.15, 0.2) is 0 Å². The van der Waals surface area contributed by atoms with Crippen LogP contribution in [0.15, 0.2) is 4.40 Å². The van der Waals surface area contributed by atoms with Crippen molar-refractivity contribution >= 4 is 18.7 Å².